The van der Waals surface area contributed by atoms with E-state index in [4.69, 9.17) is 9.47 Å². The Hall–Kier alpha value is -0.910. The van der Waals surface area contributed by atoms with Crippen LogP contribution in [0.1, 0.15) is 16.6 Å². The number of amides is 1. The fourth-order valence-electron chi connectivity index (χ4n) is 1.58. The van der Waals surface area contributed by atoms with Gasteiger partial charge in [0.05, 0.1) is 24.1 Å². The largest absolute Gasteiger partial charge is 0.383 e. The van der Waals surface area contributed by atoms with Crippen molar-refractivity contribution in [1.82, 2.24) is 4.90 Å². The monoisotopic (exact) mass is 257 g/mol. The van der Waals surface area contributed by atoms with Crippen LogP contribution in [0.5, 0.6) is 0 Å². The van der Waals surface area contributed by atoms with Crippen LogP contribution in [0.3, 0.4) is 0 Å². The smallest absolute Gasteiger partial charge is 0.264 e. The summed E-state index contributed by atoms with van der Waals surface area (Å²) in [6.07, 6.45) is 0. The van der Waals surface area contributed by atoms with Crippen LogP contribution >= 0.6 is 11.3 Å². The number of nitrogens with zero attached hydrogens (tertiary/aromatic N) is 1. The molecule has 1 aromatic rings. The summed E-state index contributed by atoms with van der Waals surface area (Å²) >= 11 is 1.46. The third kappa shape index (κ3) is 4.11. The van der Waals surface area contributed by atoms with Crippen molar-refractivity contribution in [2.45, 2.75) is 13.0 Å². The molecule has 0 aromatic carbocycles. The van der Waals surface area contributed by atoms with E-state index in [1.54, 1.807) is 19.1 Å². The normalized spacial score (nSPS) is 12.4. The van der Waals surface area contributed by atoms with Crippen LogP contribution in [0.15, 0.2) is 17.5 Å². The van der Waals surface area contributed by atoms with Gasteiger partial charge in [0.1, 0.15) is 0 Å². The molecular weight excluding hydrogens is 238 g/mol. The van der Waals surface area contributed by atoms with E-state index in [-0.39, 0.29) is 11.9 Å². The summed E-state index contributed by atoms with van der Waals surface area (Å²) in [5, 5.41) is 1.91. The molecule has 96 valence electrons. The fraction of sp³-hybridized carbons (Fsp3) is 0.583. The fourth-order valence-corrected chi connectivity index (χ4v) is 2.26. The average molecular weight is 257 g/mol. The summed E-state index contributed by atoms with van der Waals surface area (Å²) in [5.41, 5.74) is 0. The lowest BCUT2D eigenvalue weighted by Gasteiger charge is -2.28. The van der Waals surface area contributed by atoms with Crippen LogP contribution < -0.4 is 0 Å². The Morgan fingerprint density at radius 2 is 2.24 bits per heavy atom. The minimum absolute atomic E-state index is 0.0431. The number of hydrogen-bond donors (Lipinski definition) is 0. The number of rotatable bonds is 7. The molecule has 0 bridgehead atoms. The molecule has 1 atom stereocenters. The van der Waals surface area contributed by atoms with E-state index in [2.05, 4.69) is 0 Å². The number of thiophene rings is 1. The van der Waals surface area contributed by atoms with E-state index in [0.29, 0.717) is 19.8 Å². The third-order valence-electron chi connectivity index (χ3n) is 2.47. The van der Waals surface area contributed by atoms with Gasteiger partial charge in [-0.2, -0.15) is 0 Å². The topological polar surface area (TPSA) is 38.8 Å². The molecule has 17 heavy (non-hydrogen) atoms. The van der Waals surface area contributed by atoms with E-state index in [0.717, 1.165) is 4.88 Å². The highest BCUT2D eigenvalue weighted by atomic mass is 32.1. The maximum atomic E-state index is 12.3. The molecule has 0 aliphatic heterocycles. The predicted molar refractivity (Wildman–Crippen MR) is 68.6 cm³/mol. The Morgan fingerprint density at radius 3 is 2.76 bits per heavy atom. The minimum atomic E-state index is 0.0431. The van der Waals surface area contributed by atoms with Crippen LogP contribution in [0, 0.1) is 0 Å². The first kappa shape index (κ1) is 14.2. The molecule has 4 nitrogen and oxygen atoms in total. The molecule has 1 aromatic heterocycles. The molecule has 0 radical (unpaired) electrons. The molecule has 1 unspecified atom stereocenters. The van der Waals surface area contributed by atoms with Crippen LogP contribution in [-0.4, -0.2) is 50.8 Å². The summed E-state index contributed by atoms with van der Waals surface area (Å²) in [6, 6.07) is 3.77. The summed E-state index contributed by atoms with van der Waals surface area (Å²) in [4.78, 5) is 14.8. The number of hydrogen-bond acceptors (Lipinski definition) is 4. The first-order valence-electron chi connectivity index (χ1n) is 5.53. The first-order valence-corrected chi connectivity index (χ1v) is 6.41. The maximum absolute atomic E-state index is 12.3. The highest BCUT2D eigenvalue weighted by Crippen LogP contribution is 2.14. The molecule has 1 amide bonds. The number of carbonyl (C=O) groups excluding carboxylic acids is 1. The second-order valence-electron chi connectivity index (χ2n) is 3.77. The molecule has 0 N–H and O–H groups in total. The molecule has 0 spiro atoms. The summed E-state index contributed by atoms with van der Waals surface area (Å²) in [5.74, 6) is 0.0431. The second-order valence-corrected chi connectivity index (χ2v) is 4.72. The van der Waals surface area contributed by atoms with Crippen LogP contribution in [-0.2, 0) is 9.47 Å². The maximum Gasteiger partial charge on any atom is 0.264 e. The van der Waals surface area contributed by atoms with Crippen molar-refractivity contribution >= 4 is 17.2 Å². The number of methoxy groups -OCH3 is 2. The summed E-state index contributed by atoms with van der Waals surface area (Å²) < 4.78 is 10.1. The second kappa shape index (κ2) is 7.42. The zero-order chi connectivity index (χ0) is 12.7. The van der Waals surface area contributed by atoms with Crippen LogP contribution in [0.2, 0.25) is 0 Å². The average Bonchev–Trinajstić information content (AvgIpc) is 2.83. The van der Waals surface area contributed by atoms with Crippen LogP contribution in [0.4, 0.5) is 0 Å². The molecule has 0 aliphatic carbocycles. The van der Waals surface area contributed by atoms with Gasteiger partial charge in [-0.3, -0.25) is 4.79 Å². The Morgan fingerprint density at radius 1 is 1.47 bits per heavy atom. The molecule has 5 heteroatoms. The van der Waals surface area contributed by atoms with Gasteiger partial charge < -0.3 is 14.4 Å². The molecule has 1 heterocycles. The Balaban J connectivity index is 2.71. The van der Waals surface area contributed by atoms with Crippen molar-refractivity contribution < 1.29 is 14.3 Å². The Bertz CT molecular complexity index is 327. The van der Waals surface area contributed by atoms with Crippen molar-refractivity contribution in [1.29, 1.82) is 0 Å². The zero-order valence-electron chi connectivity index (χ0n) is 10.5. The Kier molecular flexibility index (Phi) is 6.18. The van der Waals surface area contributed by atoms with Gasteiger partial charge in [-0.1, -0.05) is 6.07 Å². The van der Waals surface area contributed by atoms with Gasteiger partial charge in [-0.15, -0.1) is 11.3 Å². The minimum Gasteiger partial charge on any atom is -0.383 e. The Labute approximate surface area is 106 Å². The lowest BCUT2D eigenvalue weighted by atomic mass is 10.2. The van der Waals surface area contributed by atoms with E-state index in [9.17, 15) is 4.79 Å². The van der Waals surface area contributed by atoms with Gasteiger partial charge in [-0.25, -0.2) is 0 Å². The van der Waals surface area contributed by atoms with Gasteiger partial charge in [-0.05, 0) is 18.4 Å². The van der Waals surface area contributed by atoms with Gasteiger partial charge >= 0.3 is 0 Å². The van der Waals surface area contributed by atoms with Crippen molar-refractivity contribution in [3.05, 3.63) is 22.4 Å². The summed E-state index contributed by atoms with van der Waals surface area (Å²) in [6.45, 7) is 3.62. The standard InChI is InChI=1S/C12H19NO3S/c1-10(9-16-3)13(6-7-15-2)12(14)11-5-4-8-17-11/h4-5,8,10H,6-7,9H2,1-3H3. The van der Waals surface area contributed by atoms with Crippen molar-refractivity contribution in [3.63, 3.8) is 0 Å². The van der Waals surface area contributed by atoms with Gasteiger partial charge in [0.15, 0.2) is 0 Å². The van der Waals surface area contributed by atoms with Gasteiger partial charge in [0, 0.05) is 20.8 Å². The van der Waals surface area contributed by atoms with E-state index < -0.39 is 0 Å². The quantitative estimate of drug-likeness (QED) is 0.748. The van der Waals surface area contributed by atoms with Crippen LogP contribution in [0.25, 0.3) is 0 Å². The number of carbonyl (C=O) groups is 1. The van der Waals surface area contributed by atoms with Crippen molar-refractivity contribution in [2.75, 3.05) is 34.0 Å². The molecule has 0 saturated heterocycles. The molecule has 0 saturated carbocycles. The number of ether oxygens (including phenoxy) is 2. The third-order valence-corrected chi connectivity index (χ3v) is 3.33. The lowest BCUT2D eigenvalue weighted by Crippen LogP contribution is -2.42. The van der Waals surface area contributed by atoms with Gasteiger partial charge in [0.25, 0.3) is 5.91 Å². The molecule has 0 aliphatic rings. The molecule has 0 fully saturated rings. The lowest BCUT2D eigenvalue weighted by molar-refractivity contribution is 0.0484. The van der Waals surface area contributed by atoms with E-state index in [1.165, 1.54) is 11.3 Å². The first-order chi connectivity index (χ1) is 8.20. The van der Waals surface area contributed by atoms with Crippen molar-refractivity contribution in [2.24, 2.45) is 0 Å². The zero-order valence-corrected chi connectivity index (χ0v) is 11.3. The van der Waals surface area contributed by atoms with E-state index >= 15 is 0 Å². The predicted octanol–water partition coefficient (Wildman–Crippen LogP) is 1.87. The highest BCUT2D eigenvalue weighted by Gasteiger charge is 2.21. The summed E-state index contributed by atoms with van der Waals surface area (Å²) in [7, 11) is 3.27. The molecular formula is C12H19NO3S. The SMILES string of the molecule is COCCN(C(=O)c1cccs1)C(C)COC. The highest BCUT2D eigenvalue weighted by molar-refractivity contribution is 7.12. The van der Waals surface area contributed by atoms with Gasteiger partial charge in [0.2, 0.25) is 0 Å². The van der Waals surface area contributed by atoms with E-state index in [1.807, 2.05) is 24.4 Å². The van der Waals surface area contributed by atoms with Crippen molar-refractivity contribution in [3.8, 4) is 0 Å². The molecule has 1 rings (SSSR count).